The van der Waals surface area contributed by atoms with E-state index in [1.165, 1.54) is 0 Å². The van der Waals surface area contributed by atoms with Gasteiger partial charge in [-0.2, -0.15) is 0 Å². The first-order valence-electron chi connectivity index (χ1n) is 9.88. The Labute approximate surface area is 174 Å². The monoisotopic (exact) mass is 399 g/mol. The lowest BCUT2D eigenvalue weighted by Gasteiger charge is -2.21. The van der Waals surface area contributed by atoms with Gasteiger partial charge < -0.3 is 14.5 Å². The molecule has 2 heterocycles. The van der Waals surface area contributed by atoms with Crippen LogP contribution in [0, 0.1) is 0 Å². The normalized spacial score (nSPS) is 15.6. The molecule has 2 aromatic heterocycles. The average molecular weight is 399 g/mol. The number of rotatable bonds is 5. The first-order chi connectivity index (χ1) is 14.7. The number of carbonyl (C=O) groups is 1. The van der Waals surface area contributed by atoms with Crippen LogP contribution in [0.1, 0.15) is 34.2 Å². The van der Waals surface area contributed by atoms with Crippen molar-refractivity contribution >= 4 is 17.3 Å². The predicted molar refractivity (Wildman–Crippen MR) is 114 cm³/mol. The van der Waals surface area contributed by atoms with Crippen molar-refractivity contribution in [3.63, 3.8) is 0 Å². The number of hydrogen-bond acceptors (Lipinski definition) is 5. The molecule has 0 spiro atoms. The largest absolute Gasteiger partial charge is 0.497 e. The minimum atomic E-state index is 0.00741. The van der Waals surface area contributed by atoms with Crippen LogP contribution in [0.5, 0.6) is 5.75 Å². The van der Waals surface area contributed by atoms with Gasteiger partial charge in [0.15, 0.2) is 11.6 Å². The van der Waals surface area contributed by atoms with Gasteiger partial charge in [-0.3, -0.25) is 4.79 Å². The maximum absolute atomic E-state index is 13.2. The van der Waals surface area contributed by atoms with Gasteiger partial charge in [-0.05, 0) is 48.5 Å². The van der Waals surface area contributed by atoms with Crippen molar-refractivity contribution in [2.75, 3.05) is 12.4 Å². The summed E-state index contributed by atoms with van der Waals surface area (Å²) in [5, 5.41) is 8.11. The Morgan fingerprint density at radius 1 is 1.03 bits per heavy atom. The lowest BCUT2D eigenvalue weighted by Crippen LogP contribution is -2.20. The number of aromatic nitrogens is 2. The fraction of sp³-hybridized carbons (Fsp3) is 0.167. The second-order valence-electron chi connectivity index (χ2n) is 7.31. The molecule has 1 atom stereocenters. The van der Waals surface area contributed by atoms with E-state index in [4.69, 9.17) is 14.3 Å². The number of nitrogens with zero attached hydrogens (tertiary/aromatic N) is 2. The number of benzene rings is 2. The Morgan fingerprint density at radius 2 is 1.83 bits per heavy atom. The maximum atomic E-state index is 13.2. The number of ketones is 1. The lowest BCUT2D eigenvalue weighted by atomic mass is 9.85. The Bertz CT molecular complexity index is 1160. The number of fused-ring (bicyclic) bond motifs is 1. The topological polar surface area (TPSA) is 69.3 Å². The summed E-state index contributed by atoms with van der Waals surface area (Å²) in [6.07, 6.45) is 2.74. The molecule has 2 aromatic carbocycles. The van der Waals surface area contributed by atoms with Crippen LogP contribution < -0.4 is 10.1 Å². The summed E-state index contributed by atoms with van der Waals surface area (Å²) in [5.41, 5.74) is 3.31. The fourth-order valence-electron chi connectivity index (χ4n) is 3.97. The average Bonchev–Trinajstić information content (AvgIpc) is 3.44. The summed E-state index contributed by atoms with van der Waals surface area (Å²) >= 11 is 0. The zero-order chi connectivity index (χ0) is 20.5. The molecule has 1 aliphatic rings. The van der Waals surface area contributed by atoms with Crippen molar-refractivity contribution in [3.8, 4) is 11.4 Å². The molecule has 1 N–H and O–H groups in total. The van der Waals surface area contributed by atoms with E-state index in [9.17, 15) is 4.79 Å². The van der Waals surface area contributed by atoms with Gasteiger partial charge in [0.2, 0.25) is 0 Å². The van der Waals surface area contributed by atoms with Gasteiger partial charge >= 0.3 is 0 Å². The molecule has 0 saturated heterocycles. The number of Topliss-reactive ketones (excluding diaryl/α,β-unsaturated/α-hetero) is 1. The Kier molecular flexibility index (Phi) is 4.59. The molecule has 0 aliphatic heterocycles. The Morgan fingerprint density at radius 3 is 2.53 bits per heavy atom. The molecular weight excluding hydrogens is 378 g/mol. The third-order valence-electron chi connectivity index (χ3n) is 5.43. The van der Waals surface area contributed by atoms with Crippen LogP contribution in [0.2, 0.25) is 0 Å². The second kappa shape index (κ2) is 7.55. The van der Waals surface area contributed by atoms with Gasteiger partial charge in [0, 0.05) is 24.4 Å². The van der Waals surface area contributed by atoms with Crippen molar-refractivity contribution in [3.05, 3.63) is 90.0 Å². The second-order valence-corrected chi connectivity index (χ2v) is 7.31. The van der Waals surface area contributed by atoms with Gasteiger partial charge in [0.05, 0.1) is 30.3 Å². The number of methoxy groups -OCH3 is 1. The van der Waals surface area contributed by atoms with E-state index in [1.807, 2.05) is 71.4 Å². The minimum Gasteiger partial charge on any atom is -0.497 e. The summed E-state index contributed by atoms with van der Waals surface area (Å²) in [6, 6.07) is 21.2. The van der Waals surface area contributed by atoms with Crippen LogP contribution >= 0.6 is 0 Å². The van der Waals surface area contributed by atoms with Crippen molar-refractivity contribution in [2.45, 2.75) is 18.8 Å². The van der Waals surface area contributed by atoms with Crippen molar-refractivity contribution in [1.29, 1.82) is 0 Å². The highest BCUT2D eigenvalue weighted by atomic mass is 16.5. The summed E-state index contributed by atoms with van der Waals surface area (Å²) < 4.78 is 12.7. The first kappa shape index (κ1) is 18.2. The number of carbonyl (C=O) groups excluding carboxylic acids is 1. The van der Waals surface area contributed by atoms with E-state index in [-0.39, 0.29) is 11.7 Å². The maximum Gasteiger partial charge on any atom is 0.169 e. The van der Waals surface area contributed by atoms with Crippen molar-refractivity contribution in [2.24, 2.45) is 0 Å². The standard InChI is InChI=1S/C24H21N3O3/c1-29-19-11-9-17(10-12-19)25-24-23-20(27(26-24)18-6-3-2-4-7-18)14-16(15-21(23)28)22-8-5-13-30-22/h2-13,16H,14-15H2,1H3,(H,25,26). The van der Waals surface area contributed by atoms with Gasteiger partial charge in [0.25, 0.3) is 0 Å². The van der Waals surface area contributed by atoms with E-state index in [1.54, 1.807) is 13.4 Å². The van der Waals surface area contributed by atoms with Gasteiger partial charge in [-0.15, -0.1) is 5.10 Å². The van der Waals surface area contributed by atoms with Gasteiger partial charge in [0.1, 0.15) is 11.5 Å². The van der Waals surface area contributed by atoms with Crippen LogP contribution in [-0.2, 0) is 6.42 Å². The summed E-state index contributed by atoms with van der Waals surface area (Å²) in [5.74, 6) is 2.25. The smallest absolute Gasteiger partial charge is 0.169 e. The van der Waals surface area contributed by atoms with E-state index in [2.05, 4.69) is 5.32 Å². The number of furan rings is 1. The zero-order valence-corrected chi connectivity index (χ0v) is 16.5. The molecule has 0 amide bonds. The number of anilines is 2. The third-order valence-corrected chi connectivity index (χ3v) is 5.43. The summed E-state index contributed by atoms with van der Waals surface area (Å²) in [4.78, 5) is 13.2. The third kappa shape index (κ3) is 3.26. The molecule has 150 valence electrons. The highest BCUT2D eigenvalue weighted by Crippen LogP contribution is 2.38. The minimum absolute atomic E-state index is 0.00741. The molecule has 4 aromatic rings. The highest BCUT2D eigenvalue weighted by molar-refractivity contribution is 6.03. The zero-order valence-electron chi connectivity index (χ0n) is 16.5. The van der Waals surface area contributed by atoms with E-state index < -0.39 is 0 Å². The van der Waals surface area contributed by atoms with E-state index >= 15 is 0 Å². The Hall–Kier alpha value is -3.80. The van der Waals surface area contributed by atoms with Crippen LogP contribution in [-0.4, -0.2) is 22.7 Å². The van der Waals surface area contributed by atoms with Gasteiger partial charge in [-0.25, -0.2) is 4.68 Å². The predicted octanol–water partition coefficient (Wildman–Crippen LogP) is 5.13. The van der Waals surface area contributed by atoms with E-state index in [0.29, 0.717) is 24.2 Å². The first-order valence-corrected chi connectivity index (χ1v) is 9.88. The van der Waals surface area contributed by atoms with Crippen molar-refractivity contribution < 1.29 is 13.9 Å². The van der Waals surface area contributed by atoms with Gasteiger partial charge in [-0.1, -0.05) is 18.2 Å². The van der Waals surface area contributed by atoms with Crippen LogP contribution in [0.4, 0.5) is 11.5 Å². The molecule has 0 radical (unpaired) electrons. The molecule has 6 heteroatoms. The molecular formula is C24H21N3O3. The molecule has 6 nitrogen and oxygen atoms in total. The molecule has 5 rings (SSSR count). The number of nitrogens with one attached hydrogen (secondary N) is 1. The summed E-state index contributed by atoms with van der Waals surface area (Å²) in [6.45, 7) is 0. The molecule has 30 heavy (non-hydrogen) atoms. The van der Waals surface area contributed by atoms with Crippen LogP contribution in [0.25, 0.3) is 5.69 Å². The van der Waals surface area contributed by atoms with E-state index in [0.717, 1.165) is 28.6 Å². The molecule has 1 unspecified atom stereocenters. The molecule has 0 fully saturated rings. The molecule has 1 aliphatic carbocycles. The van der Waals surface area contributed by atoms with Crippen LogP contribution in [0.3, 0.4) is 0 Å². The Balaban J connectivity index is 1.58. The van der Waals surface area contributed by atoms with Crippen molar-refractivity contribution in [1.82, 2.24) is 9.78 Å². The fourth-order valence-corrected chi connectivity index (χ4v) is 3.97. The molecule has 0 bridgehead atoms. The quantitative estimate of drug-likeness (QED) is 0.504. The molecule has 0 saturated carbocycles. The summed E-state index contributed by atoms with van der Waals surface area (Å²) in [7, 11) is 1.63. The SMILES string of the molecule is COc1ccc(Nc2nn(-c3ccccc3)c3c2C(=O)CC(c2ccco2)C3)cc1. The van der Waals surface area contributed by atoms with Crippen LogP contribution in [0.15, 0.2) is 77.4 Å². The highest BCUT2D eigenvalue weighted by Gasteiger charge is 2.34. The number of hydrogen-bond donors (Lipinski definition) is 1. The number of para-hydroxylation sites is 1. The lowest BCUT2D eigenvalue weighted by molar-refractivity contribution is 0.0960. The number of ether oxygens (including phenoxy) is 1.